The van der Waals surface area contributed by atoms with Crippen LogP contribution >= 0.6 is 0 Å². The molecule has 2 aliphatic heterocycles. The summed E-state index contributed by atoms with van der Waals surface area (Å²) >= 11 is 0. The molecule has 2 heterocycles. The van der Waals surface area contributed by atoms with Crippen molar-refractivity contribution in [2.24, 2.45) is 0 Å². The topological polar surface area (TPSA) is 61.9 Å². The van der Waals surface area contributed by atoms with E-state index in [0.29, 0.717) is 32.7 Å². The first-order valence-corrected chi connectivity index (χ1v) is 10.8. The molecular formula is C25H29N3O3. The normalized spacial score (nSPS) is 16.3. The van der Waals surface area contributed by atoms with Gasteiger partial charge in [0.2, 0.25) is 11.8 Å². The van der Waals surface area contributed by atoms with E-state index in [1.165, 1.54) is 5.56 Å². The zero-order valence-corrected chi connectivity index (χ0v) is 18.2. The molecule has 0 saturated carbocycles. The Morgan fingerprint density at radius 3 is 2.71 bits per heavy atom. The molecule has 0 unspecified atom stereocenters. The van der Waals surface area contributed by atoms with Gasteiger partial charge in [-0.05, 0) is 60.4 Å². The highest BCUT2D eigenvalue weighted by Crippen LogP contribution is 2.26. The molecule has 1 saturated heterocycles. The van der Waals surface area contributed by atoms with E-state index in [2.05, 4.69) is 16.3 Å². The lowest BCUT2D eigenvalue weighted by Crippen LogP contribution is -2.50. The third-order valence-corrected chi connectivity index (χ3v) is 6.06. The van der Waals surface area contributed by atoms with E-state index >= 15 is 0 Å². The standard InChI is InChI=1S/C25H29N3O3/c1-18-4-3-5-22(19(18)2)26-24(29)17-27-11-13-28(14-12-27)25(30)9-7-20-6-8-23-21(16-20)10-15-31-23/h3-9,16H,10-15,17H2,1-2H3,(H,26,29)/b9-7+. The van der Waals surface area contributed by atoms with Crippen molar-refractivity contribution in [1.29, 1.82) is 0 Å². The van der Waals surface area contributed by atoms with Gasteiger partial charge in [-0.2, -0.15) is 0 Å². The number of fused-ring (bicyclic) bond motifs is 1. The van der Waals surface area contributed by atoms with E-state index in [9.17, 15) is 9.59 Å². The fraction of sp³-hybridized carbons (Fsp3) is 0.360. The molecule has 0 aromatic heterocycles. The predicted octanol–water partition coefficient (Wildman–Crippen LogP) is 3.03. The number of anilines is 1. The Morgan fingerprint density at radius 2 is 1.90 bits per heavy atom. The summed E-state index contributed by atoms with van der Waals surface area (Å²) in [6, 6.07) is 11.9. The summed E-state index contributed by atoms with van der Waals surface area (Å²) in [7, 11) is 0. The highest BCUT2D eigenvalue weighted by molar-refractivity contribution is 5.93. The van der Waals surface area contributed by atoms with Crippen LogP contribution in [0.15, 0.2) is 42.5 Å². The molecular weight excluding hydrogens is 390 g/mol. The van der Waals surface area contributed by atoms with Crippen molar-refractivity contribution >= 4 is 23.6 Å². The smallest absolute Gasteiger partial charge is 0.246 e. The van der Waals surface area contributed by atoms with Crippen molar-refractivity contribution in [1.82, 2.24) is 9.80 Å². The summed E-state index contributed by atoms with van der Waals surface area (Å²) in [5.41, 5.74) is 5.32. The van der Waals surface area contributed by atoms with Crippen LogP contribution in [0.1, 0.15) is 22.3 Å². The maximum atomic E-state index is 12.6. The van der Waals surface area contributed by atoms with E-state index in [1.54, 1.807) is 6.08 Å². The minimum Gasteiger partial charge on any atom is -0.493 e. The van der Waals surface area contributed by atoms with Crippen LogP contribution in [0.2, 0.25) is 0 Å². The second-order valence-electron chi connectivity index (χ2n) is 8.20. The molecule has 6 heteroatoms. The van der Waals surface area contributed by atoms with Gasteiger partial charge in [-0.3, -0.25) is 14.5 Å². The summed E-state index contributed by atoms with van der Waals surface area (Å²) in [6.45, 7) is 7.74. The molecule has 6 nitrogen and oxygen atoms in total. The first kappa shape index (κ1) is 21.1. The van der Waals surface area contributed by atoms with E-state index in [-0.39, 0.29) is 11.8 Å². The van der Waals surface area contributed by atoms with Gasteiger partial charge >= 0.3 is 0 Å². The molecule has 0 radical (unpaired) electrons. The van der Waals surface area contributed by atoms with E-state index in [0.717, 1.165) is 41.2 Å². The van der Waals surface area contributed by atoms with Crippen LogP contribution in [-0.4, -0.2) is 60.9 Å². The van der Waals surface area contributed by atoms with Gasteiger partial charge in [0.1, 0.15) is 5.75 Å². The van der Waals surface area contributed by atoms with Gasteiger partial charge in [-0.15, -0.1) is 0 Å². The quantitative estimate of drug-likeness (QED) is 0.757. The molecule has 1 fully saturated rings. The Morgan fingerprint density at radius 1 is 1.10 bits per heavy atom. The summed E-state index contributed by atoms with van der Waals surface area (Å²) in [5, 5.41) is 3.01. The highest BCUT2D eigenvalue weighted by Gasteiger charge is 2.21. The van der Waals surface area contributed by atoms with Crippen molar-refractivity contribution in [2.75, 3.05) is 44.6 Å². The lowest BCUT2D eigenvalue weighted by atomic mass is 10.1. The first-order chi connectivity index (χ1) is 15.0. The molecule has 2 aromatic carbocycles. The minimum atomic E-state index is -0.0195. The number of ether oxygens (including phenoxy) is 1. The average molecular weight is 420 g/mol. The highest BCUT2D eigenvalue weighted by atomic mass is 16.5. The fourth-order valence-corrected chi connectivity index (χ4v) is 3.99. The molecule has 0 spiro atoms. The van der Waals surface area contributed by atoms with Crippen LogP contribution in [0, 0.1) is 13.8 Å². The Hall–Kier alpha value is -3.12. The molecule has 31 heavy (non-hydrogen) atoms. The number of carbonyl (C=O) groups excluding carboxylic acids is 2. The number of amides is 2. The third-order valence-electron chi connectivity index (χ3n) is 6.06. The number of hydrogen-bond donors (Lipinski definition) is 1. The number of nitrogens with one attached hydrogen (secondary N) is 1. The van der Waals surface area contributed by atoms with Crippen molar-refractivity contribution in [2.45, 2.75) is 20.3 Å². The number of rotatable bonds is 5. The van der Waals surface area contributed by atoms with Crippen LogP contribution in [-0.2, 0) is 16.0 Å². The van der Waals surface area contributed by atoms with Gasteiger partial charge in [0.25, 0.3) is 0 Å². The van der Waals surface area contributed by atoms with Crippen molar-refractivity contribution < 1.29 is 14.3 Å². The van der Waals surface area contributed by atoms with Gasteiger partial charge in [0.15, 0.2) is 0 Å². The summed E-state index contributed by atoms with van der Waals surface area (Å²) in [4.78, 5) is 28.9. The van der Waals surface area contributed by atoms with Crippen LogP contribution < -0.4 is 10.1 Å². The Bertz CT molecular complexity index is 1010. The summed E-state index contributed by atoms with van der Waals surface area (Å²) in [6.07, 6.45) is 4.43. The summed E-state index contributed by atoms with van der Waals surface area (Å²) < 4.78 is 5.52. The number of nitrogens with zero attached hydrogens (tertiary/aromatic N) is 2. The monoisotopic (exact) mass is 419 g/mol. The molecule has 162 valence electrons. The second-order valence-corrected chi connectivity index (χ2v) is 8.20. The number of hydrogen-bond acceptors (Lipinski definition) is 4. The lowest BCUT2D eigenvalue weighted by molar-refractivity contribution is -0.127. The largest absolute Gasteiger partial charge is 0.493 e. The first-order valence-electron chi connectivity index (χ1n) is 10.8. The van der Waals surface area contributed by atoms with Crippen molar-refractivity contribution in [3.05, 3.63) is 64.7 Å². The van der Waals surface area contributed by atoms with Gasteiger partial charge in [0, 0.05) is 44.4 Å². The van der Waals surface area contributed by atoms with Crippen LogP contribution in [0.5, 0.6) is 5.75 Å². The number of piperazine rings is 1. The fourth-order valence-electron chi connectivity index (χ4n) is 3.99. The van der Waals surface area contributed by atoms with Crippen molar-refractivity contribution in [3.8, 4) is 5.75 Å². The van der Waals surface area contributed by atoms with Gasteiger partial charge in [0.05, 0.1) is 13.2 Å². The molecule has 1 N–H and O–H groups in total. The number of carbonyl (C=O) groups is 2. The molecule has 4 rings (SSSR count). The number of benzene rings is 2. The van der Waals surface area contributed by atoms with E-state index < -0.39 is 0 Å². The average Bonchev–Trinajstić information content (AvgIpc) is 3.24. The zero-order valence-electron chi connectivity index (χ0n) is 18.2. The van der Waals surface area contributed by atoms with Crippen molar-refractivity contribution in [3.63, 3.8) is 0 Å². The van der Waals surface area contributed by atoms with E-state index in [1.807, 2.05) is 55.2 Å². The Kier molecular flexibility index (Phi) is 6.37. The second kappa shape index (κ2) is 9.35. The maximum Gasteiger partial charge on any atom is 0.246 e. The predicted molar refractivity (Wildman–Crippen MR) is 122 cm³/mol. The zero-order chi connectivity index (χ0) is 21.8. The number of aryl methyl sites for hydroxylation is 1. The van der Waals surface area contributed by atoms with Gasteiger partial charge in [-0.25, -0.2) is 0 Å². The summed E-state index contributed by atoms with van der Waals surface area (Å²) in [5.74, 6) is 0.936. The van der Waals surface area contributed by atoms with E-state index in [4.69, 9.17) is 4.74 Å². The van der Waals surface area contributed by atoms with Gasteiger partial charge in [-0.1, -0.05) is 18.2 Å². The molecule has 2 amide bonds. The third kappa shape index (κ3) is 5.14. The molecule has 0 atom stereocenters. The molecule has 0 aliphatic carbocycles. The Balaban J connectivity index is 1.25. The van der Waals surface area contributed by atoms with Crippen LogP contribution in [0.25, 0.3) is 6.08 Å². The van der Waals surface area contributed by atoms with Gasteiger partial charge < -0.3 is 15.0 Å². The maximum absolute atomic E-state index is 12.6. The molecule has 0 bridgehead atoms. The van der Waals surface area contributed by atoms with Crippen LogP contribution in [0.4, 0.5) is 5.69 Å². The molecule has 2 aliphatic rings. The van der Waals surface area contributed by atoms with Crippen LogP contribution in [0.3, 0.4) is 0 Å². The SMILES string of the molecule is Cc1cccc(NC(=O)CN2CCN(C(=O)/C=C/c3ccc4c(c3)CCO4)CC2)c1C. The Labute approximate surface area is 183 Å². The minimum absolute atomic E-state index is 0.0104. The lowest BCUT2D eigenvalue weighted by Gasteiger charge is -2.33. The molecule has 2 aromatic rings.